The molecule has 0 N–H and O–H groups in total. The number of carbonyl (C=O) groups excluding carboxylic acids is 1. The summed E-state index contributed by atoms with van der Waals surface area (Å²) in [6, 6.07) is 19.1. The van der Waals surface area contributed by atoms with Gasteiger partial charge in [-0.3, -0.25) is 9.48 Å². The molecular weight excluding hydrogens is 418 g/mol. The fourth-order valence-electron chi connectivity index (χ4n) is 3.40. The predicted molar refractivity (Wildman–Crippen MR) is 132 cm³/mol. The fourth-order valence-corrected chi connectivity index (χ4v) is 4.28. The van der Waals surface area contributed by atoms with Crippen molar-refractivity contribution in [3.8, 4) is 11.1 Å². The van der Waals surface area contributed by atoms with Crippen LogP contribution in [0.4, 0.5) is 0 Å². The molecule has 0 aliphatic rings. The normalized spacial score (nSPS) is 11.5. The molecule has 0 bridgehead atoms. The van der Waals surface area contributed by atoms with Gasteiger partial charge in [0.05, 0.1) is 19.2 Å². The summed E-state index contributed by atoms with van der Waals surface area (Å²) in [6.07, 6.45) is 7.49. The van der Waals surface area contributed by atoms with Gasteiger partial charge in [0.25, 0.3) is 0 Å². The van der Waals surface area contributed by atoms with Crippen LogP contribution in [0.5, 0.6) is 0 Å². The van der Waals surface area contributed by atoms with E-state index in [9.17, 15) is 4.79 Å². The summed E-state index contributed by atoms with van der Waals surface area (Å²) in [6.45, 7) is 2.96. The van der Waals surface area contributed by atoms with E-state index in [2.05, 4.69) is 82.8 Å². The van der Waals surface area contributed by atoms with Crippen molar-refractivity contribution in [2.75, 3.05) is 18.6 Å². The quantitative estimate of drug-likeness (QED) is 0.212. The van der Waals surface area contributed by atoms with E-state index >= 15 is 0 Å². The number of rotatable bonds is 12. The molecule has 0 spiro atoms. The second kappa shape index (κ2) is 12.9. The number of thioether (sulfide) groups is 1. The number of hydrogen-bond acceptors (Lipinski definition) is 5. The van der Waals surface area contributed by atoms with Crippen LogP contribution in [0.3, 0.4) is 0 Å². The zero-order valence-corrected chi connectivity index (χ0v) is 19.7. The fraction of sp³-hybridized carbons (Fsp3) is 0.346. The van der Waals surface area contributed by atoms with E-state index in [1.165, 1.54) is 29.4 Å². The van der Waals surface area contributed by atoms with E-state index in [1.807, 2.05) is 10.7 Å². The Bertz CT molecular complexity index is 1010. The van der Waals surface area contributed by atoms with Crippen LogP contribution in [-0.4, -0.2) is 39.6 Å². The molecule has 1 aromatic heterocycles. The summed E-state index contributed by atoms with van der Waals surface area (Å²) in [7, 11) is 1.43. The highest BCUT2D eigenvalue weighted by Crippen LogP contribution is 2.24. The van der Waals surface area contributed by atoms with Gasteiger partial charge in [-0.2, -0.15) is 11.8 Å². The number of benzene rings is 2. The van der Waals surface area contributed by atoms with Crippen LogP contribution in [-0.2, 0) is 28.9 Å². The lowest BCUT2D eigenvalue weighted by Crippen LogP contribution is -2.01. The minimum atomic E-state index is -0.149. The smallest absolute Gasteiger partial charge is 0.306 e. The lowest BCUT2D eigenvalue weighted by atomic mass is 9.96. The molecule has 0 aliphatic carbocycles. The Balaban J connectivity index is 1.45. The van der Waals surface area contributed by atoms with Gasteiger partial charge in [-0.15, -0.1) is 5.10 Å². The first kappa shape index (κ1) is 23.8. The summed E-state index contributed by atoms with van der Waals surface area (Å²) < 4.78 is 6.58. The third kappa shape index (κ3) is 7.68. The number of nitrogens with zero attached hydrogens (tertiary/aromatic N) is 3. The molecule has 0 saturated carbocycles. The van der Waals surface area contributed by atoms with E-state index < -0.39 is 0 Å². The van der Waals surface area contributed by atoms with Crippen LogP contribution in [0.25, 0.3) is 11.1 Å². The van der Waals surface area contributed by atoms with Crippen molar-refractivity contribution in [2.45, 2.75) is 39.2 Å². The van der Waals surface area contributed by atoms with Crippen LogP contribution in [0.15, 0.2) is 72.4 Å². The molecule has 3 rings (SSSR count). The van der Waals surface area contributed by atoms with E-state index in [0.717, 1.165) is 43.0 Å². The van der Waals surface area contributed by atoms with Crippen molar-refractivity contribution in [2.24, 2.45) is 0 Å². The number of methoxy groups -OCH3 is 1. The zero-order chi connectivity index (χ0) is 22.6. The van der Waals surface area contributed by atoms with Crippen molar-refractivity contribution in [3.63, 3.8) is 0 Å². The highest BCUT2D eigenvalue weighted by atomic mass is 32.2. The van der Waals surface area contributed by atoms with Crippen LogP contribution in [0.1, 0.15) is 31.0 Å². The Morgan fingerprint density at radius 2 is 1.84 bits per heavy atom. The molecule has 0 radical (unpaired) electrons. The van der Waals surface area contributed by atoms with Gasteiger partial charge in [-0.25, -0.2) is 0 Å². The van der Waals surface area contributed by atoms with Gasteiger partial charge < -0.3 is 4.74 Å². The number of carbonyl (C=O) groups is 1. The minimum absolute atomic E-state index is 0.149. The molecule has 0 aliphatic heterocycles. The molecule has 6 heteroatoms. The summed E-state index contributed by atoms with van der Waals surface area (Å²) in [5, 5.41) is 8.67. The maximum atomic E-state index is 11.1. The molecule has 3 aromatic rings. The van der Waals surface area contributed by atoms with Crippen LogP contribution < -0.4 is 0 Å². The number of esters is 1. The monoisotopic (exact) mass is 449 g/mol. The molecule has 1 heterocycles. The molecule has 2 aromatic carbocycles. The minimum Gasteiger partial charge on any atom is -0.469 e. The number of allylic oxidation sites excluding steroid dienone is 1. The molecular formula is C26H31N3O2S. The first-order valence-electron chi connectivity index (χ1n) is 11.0. The molecule has 0 amide bonds. The van der Waals surface area contributed by atoms with E-state index in [-0.39, 0.29) is 5.97 Å². The molecule has 0 atom stereocenters. The van der Waals surface area contributed by atoms with Gasteiger partial charge in [0, 0.05) is 24.2 Å². The number of hydrogen-bond donors (Lipinski definition) is 0. The van der Waals surface area contributed by atoms with Gasteiger partial charge in [0.2, 0.25) is 0 Å². The molecule has 168 valence electrons. The average Bonchev–Trinajstić information content (AvgIpc) is 3.29. The molecule has 32 heavy (non-hydrogen) atoms. The highest BCUT2D eigenvalue weighted by Gasteiger charge is 2.07. The van der Waals surface area contributed by atoms with E-state index in [1.54, 1.807) is 11.8 Å². The zero-order valence-electron chi connectivity index (χ0n) is 18.9. The number of aryl methyl sites for hydroxylation is 3. The topological polar surface area (TPSA) is 57.0 Å². The number of aromatic nitrogens is 3. The van der Waals surface area contributed by atoms with Crippen LogP contribution in [0, 0.1) is 0 Å². The summed E-state index contributed by atoms with van der Waals surface area (Å²) >= 11 is 1.74. The first-order chi connectivity index (χ1) is 15.7. The van der Waals surface area contributed by atoms with Crippen molar-refractivity contribution in [1.82, 2.24) is 15.0 Å². The lowest BCUT2D eigenvalue weighted by Gasteiger charge is -2.09. The average molecular weight is 450 g/mol. The Morgan fingerprint density at radius 1 is 1.06 bits per heavy atom. The van der Waals surface area contributed by atoms with Crippen LogP contribution >= 0.6 is 11.8 Å². The van der Waals surface area contributed by atoms with E-state index in [0.29, 0.717) is 6.42 Å². The Morgan fingerprint density at radius 3 is 2.66 bits per heavy atom. The largest absolute Gasteiger partial charge is 0.469 e. The van der Waals surface area contributed by atoms with Gasteiger partial charge >= 0.3 is 5.97 Å². The van der Waals surface area contributed by atoms with Gasteiger partial charge in [-0.1, -0.05) is 71.5 Å². The van der Waals surface area contributed by atoms with E-state index in [4.69, 9.17) is 0 Å². The number of ether oxygens (including phenoxy) is 1. The third-order valence-electron chi connectivity index (χ3n) is 5.30. The Labute approximate surface area is 194 Å². The molecule has 0 unspecified atom stereocenters. The van der Waals surface area contributed by atoms with Gasteiger partial charge in [-0.05, 0) is 42.9 Å². The summed E-state index contributed by atoms with van der Waals surface area (Å²) in [5.74, 6) is 1.55. The summed E-state index contributed by atoms with van der Waals surface area (Å²) in [4.78, 5) is 11.1. The highest BCUT2D eigenvalue weighted by molar-refractivity contribution is 7.99. The lowest BCUT2D eigenvalue weighted by molar-refractivity contribution is -0.140. The van der Waals surface area contributed by atoms with Crippen molar-refractivity contribution in [3.05, 3.63) is 83.7 Å². The van der Waals surface area contributed by atoms with Crippen molar-refractivity contribution < 1.29 is 9.53 Å². The van der Waals surface area contributed by atoms with Crippen molar-refractivity contribution in [1.29, 1.82) is 0 Å². The SMILES string of the molecule is COC(=O)CCSC/C=C(\C)CCn1cc(CCc2ccccc2-c2ccccc2)nn1. The van der Waals surface area contributed by atoms with Crippen molar-refractivity contribution >= 4 is 17.7 Å². The van der Waals surface area contributed by atoms with Gasteiger partial charge in [0.1, 0.15) is 0 Å². The standard InChI is InChI=1S/C26H31N3O2S/c1-21(15-18-32-19-16-26(30)31-2)14-17-29-20-24(27-28-29)13-12-23-10-6-7-11-25(23)22-8-4-3-5-9-22/h3-11,15,20H,12-14,16-19H2,1-2H3/b21-15+. The summed E-state index contributed by atoms with van der Waals surface area (Å²) in [5.41, 5.74) is 6.21. The van der Waals surface area contributed by atoms with Crippen LogP contribution in [0.2, 0.25) is 0 Å². The third-order valence-corrected chi connectivity index (χ3v) is 6.20. The molecule has 5 nitrogen and oxygen atoms in total. The Hall–Kier alpha value is -2.86. The second-order valence-electron chi connectivity index (χ2n) is 7.70. The molecule has 0 fully saturated rings. The maximum absolute atomic E-state index is 11.1. The Kier molecular flexibility index (Phi) is 9.57. The maximum Gasteiger partial charge on any atom is 0.306 e. The van der Waals surface area contributed by atoms with Gasteiger partial charge in [0.15, 0.2) is 0 Å². The first-order valence-corrected chi connectivity index (χ1v) is 12.1. The second-order valence-corrected chi connectivity index (χ2v) is 8.85. The molecule has 0 saturated heterocycles. The predicted octanol–water partition coefficient (Wildman–Crippen LogP) is 5.36.